The number of nitrogens with one attached hydrogen (secondary N) is 1. The van der Waals surface area contributed by atoms with E-state index in [4.69, 9.17) is 11.6 Å². The lowest BCUT2D eigenvalue weighted by Gasteiger charge is -2.34. The van der Waals surface area contributed by atoms with E-state index >= 15 is 0 Å². The highest BCUT2D eigenvalue weighted by Gasteiger charge is 2.28. The average molecular weight is 266 g/mol. The molecule has 1 aliphatic carbocycles. The number of benzene rings is 1. The quantitative estimate of drug-likeness (QED) is 0.800. The Morgan fingerprint density at radius 1 is 1.17 bits per heavy atom. The second-order valence-corrected chi connectivity index (χ2v) is 6.34. The van der Waals surface area contributed by atoms with Crippen molar-refractivity contribution in [1.29, 1.82) is 0 Å². The van der Waals surface area contributed by atoms with Crippen molar-refractivity contribution in [2.45, 2.75) is 39.0 Å². The molecule has 0 aromatic heterocycles. The van der Waals surface area contributed by atoms with Crippen molar-refractivity contribution in [2.24, 2.45) is 11.8 Å². The molecule has 0 aliphatic heterocycles. The van der Waals surface area contributed by atoms with Crippen LogP contribution < -0.4 is 5.32 Å². The molecule has 100 valence electrons. The minimum Gasteiger partial charge on any atom is -0.316 e. The predicted molar refractivity (Wildman–Crippen MR) is 79.2 cm³/mol. The van der Waals surface area contributed by atoms with Crippen molar-refractivity contribution >= 4 is 11.6 Å². The molecule has 1 aromatic carbocycles. The molecular formula is C16H24ClN. The Morgan fingerprint density at radius 2 is 1.83 bits per heavy atom. The van der Waals surface area contributed by atoms with Crippen molar-refractivity contribution in [3.8, 4) is 0 Å². The van der Waals surface area contributed by atoms with Crippen molar-refractivity contribution in [2.75, 3.05) is 13.1 Å². The first-order valence-electron chi connectivity index (χ1n) is 7.13. The summed E-state index contributed by atoms with van der Waals surface area (Å²) in [6.07, 6.45) is 4.17. The van der Waals surface area contributed by atoms with Crippen molar-refractivity contribution in [3.63, 3.8) is 0 Å². The summed E-state index contributed by atoms with van der Waals surface area (Å²) < 4.78 is 0. The molecule has 1 unspecified atom stereocenters. The molecule has 1 N–H and O–H groups in total. The number of rotatable bonds is 6. The molecule has 2 rings (SSSR count). The lowest BCUT2D eigenvalue weighted by molar-refractivity contribution is 0.253. The largest absolute Gasteiger partial charge is 0.316 e. The molecule has 1 atom stereocenters. The maximum atomic E-state index is 5.97. The molecule has 0 radical (unpaired) electrons. The monoisotopic (exact) mass is 265 g/mol. The standard InChI is InChI=1S/C16H24ClN/c1-12(2)10-18-11-16(13-4-3-5-13)14-6-8-15(17)9-7-14/h6-9,12-13,16,18H,3-5,10-11H2,1-2H3. The van der Waals surface area contributed by atoms with Crippen molar-refractivity contribution < 1.29 is 0 Å². The van der Waals surface area contributed by atoms with Crippen LogP contribution in [0, 0.1) is 11.8 Å². The van der Waals surface area contributed by atoms with Crippen LogP contribution in [0.25, 0.3) is 0 Å². The molecule has 0 amide bonds. The molecular weight excluding hydrogens is 242 g/mol. The molecule has 1 nitrogen and oxygen atoms in total. The van der Waals surface area contributed by atoms with Gasteiger partial charge in [-0.05, 0) is 54.8 Å². The highest BCUT2D eigenvalue weighted by atomic mass is 35.5. The first-order valence-corrected chi connectivity index (χ1v) is 7.51. The smallest absolute Gasteiger partial charge is 0.0406 e. The van der Waals surface area contributed by atoms with Gasteiger partial charge in [-0.3, -0.25) is 0 Å². The highest BCUT2D eigenvalue weighted by molar-refractivity contribution is 6.30. The summed E-state index contributed by atoms with van der Waals surface area (Å²) in [5.74, 6) is 2.25. The van der Waals surface area contributed by atoms with Crippen molar-refractivity contribution in [3.05, 3.63) is 34.9 Å². The summed E-state index contributed by atoms with van der Waals surface area (Å²) >= 11 is 5.97. The number of hydrogen-bond donors (Lipinski definition) is 1. The van der Waals surface area contributed by atoms with Gasteiger partial charge in [0.15, 0.2) is 0 Å². The minimum atomic E-state index is 0.662. The Labute approximate surface area is 116 Å². The fraction of sp³-hybridized carbons (Fsp3) is 0.625. The van der Waals surface area contributed by atoms with E-state index in [0.717, 1.165) is 29.9 Å². The van der Waals surface area contributed by atoms with Crippen LogP contribution >= 0.6 is 11.6 Å². The van der Waals surface area contributed by atoms with Gasteiger partial charge in [0.1, 0.15) is 0 Å². The van der Waals surface area contributed by atoms with Gasteiger partial charge in [-0.15, -0.1) is 0 Å². The van der Waals surface area contributed by atoms with Gasteiger partial charge >= 0.3 is 0 Å². The van der Waals surface area contributed by atoms with Gasteiger partial charge < -0.3 is 5.32 Å². The normalized spacial score (nSPS) is 17.8. The van der Waals surface area contributed by atoms with Crippen LogP contribution in [0.15, 0.2) is 24.3 Å². The summed E-state index contributed by atoms with van der Waals surface area (Å²) in [5.41, 5.74) is 1.44. The Bertz CT molecular complexity index is 354. The molecule has 2 heteroatoms. The van der Waals surface area contributed by atoms with Gasteiger partial charge in [0.25, 0.3) is 0 Å². The van der Waals surface area contributed by atoms with Gasteiger partial charge in [0, 0.05) is 11.6 Å². The molecule has 1 aromatic rings. The summed E-state index contributed by atoms with van der Waals surface area (Å²) in [5, 5.41) is 4.45. The van der Waals surface area contributed by atoms with E-state index in [2.05, 4.69) is 31.3 Å². The van der Waals surface area contributed by atoms with E-state index in [1.165, 1.54) is 24.8 Å². The lowest BCUT2D eigenvalue weighted by Crippen LogP contribution is -2.32. The third-order valence-corrected chi connectivity index (χ3v) is 4.19. The van der Waals surface area contributed by atoms with Crippen molar-refractivity contribution in [1.82, 2.24) is 5.32 Å². The van der Waals surface area contributed by atoms with Crippen LogP contribution in [0.5, 0.6) is 0 Å². The summed E-state index contributed by atoms with van der Waals surface area (Å²) in [6, 6.07) is 8.43. The first-order chi connectivity index (χ1) is 8.66. The van der Waals surface area contributed by atoms with Crippen LogP contribution in [0.4, 0.5) is 0 Å². The van der Waals surface area contributed by atoms with Gasteiger partial charge in [-0.25, -0.2) is 0 Å². The Hall–Kier alpha value is -0.530. The topological polar surface area (TPSA) is 12.0 Å². The Morgan fingerprint density at radius 3 is 2.33 bits per heavy atom. The molecule has 0 heterocycles. The Kier molecular flexibility index (Phi) is 5.08. The third-order valence-electron chi connectivity index (χ3n) is 3.93. The maximum Gasteiger partial charge on any atom is 0.0406 e. The third kappa shape index (κ3) is 3.73. The minimum absolute atomic E-state index is 0.662. The maximum absolute atomic E-state index is 5.97. The molecule has 1 fully saturated rings. The van der Waals surface area contributed by atoms with E-state index in [-0.39, 0.29) is 0 Å². The molecule has 0 spiro atoms. The molecule has 1 saturated carbocycles. The molecule has 1 aliphatic rings. The van der Waals surface area contributed by atoms with Crippen LogP contribution in [-0.2, 0) is 0 Å². The second-order valence-electron chi connectivity index (χ2n) is 5.90. The number of hydrogen-bond acceptors (Lipinski definition) is 1. The fourth-order valence-corrected chi connectivity index (χ4v) is 2.76. The zero-order valence-electron chi connectivity index (χ0n) is 11.5. The number of halogens is 1. The summed E-state index contributed by atoms with van der Waals surface area (Å²) in [7, 11) is 0. The van der Waals surface area contributed by atoms with Gasteiger partial charge in [-0.1, -0.05) is 44.0 Å². The van der Waals surface area contributed by atoms with Crippen LogP contribution in [0.2, 0.25) is 5.02 Å². The SMILES string of the molecule is CC(C)CNCC(c1ccc(Cl)cc1)C1CCC1. The zero-order chi connectivity index (χ0) is 13.0. The van der Waals surface area contributed by atoms with Gasteiger partial charge in [-0.2, -0.15) is 0 Å². The van der Waals surface area contributed by atoms with E-state index in [1.807, 2.05) is 12.1 Å². The van der Waals surface area contributed by atoms with Gasteiger partial charge in [0.05, 0.1) is 0 Å². The van der Waals surface area contributed by atoms with Crippen LogP contribution in [0.3, 0.4) is 0 Å². The van der Waals surface area contributed by atoms with Gasteiger partial charge in [0.2, 0.25) is 0 Å². The predicted octanol–water partition coefficient (Wildman–Crippen LogP) is 4.47. The van der Waals surface area contributed by atoms with E-state index in [9.17, 15) is 0 Å². The Balaban J connectivity index is 1.98. The second kappa shape index (κ2) is 6.58. The first kappa shape index (κ1) is 13.9. The molecule has 0 saturated heterocycles. The average Bonchev–Trinajstić information content (AvgIpc) is 2.26. The zero-order valence-corrected chi connectivity index (χ0v) is 12.2. The van der Waals surface area contributed by atoms with E-state index in [1.54, 1.807) is 0 Å². The summed E-state index contributed by atoms with van der Waals surface area (Å²) in [4.78, 5) is 0. The summed E-state index contributed by atoms with van der Waals surface area (Å²) in [6.45, 7) is 6.72. The van der Waals surface area contributed by atoms with E-state index < -0.39 is 0 Å². The highest BCUT2D eigenvalue weighted by Crippen LogP contribution is 2.39. The van der Waals surface area contributed by atoms with Crippen LogP contribution in [0.1, 0.15) is 44.6 Å². The molecule has 18 heavy (non-hydrogen) atoms. The van der Waals surface area contributed by atoms with E-state index in [0.29, 0.717) is 5.92 Å². The lowest BCUT2D eigenvalue weighted by atomic mass is 9.73. The fourth-order valence-electron chi connectivity index (χ4n) is 2.64. The molecule has 0 bridgehead atoms. The van der Waals surface area contributed by atoms with Crippen LogP contribution in [-0.4, -0.2) is 13.1 Å².